The topological polar surface area (TPSA) is 105 Å². The molecule has 36 heavy (non-hydrogen) atoms. The number of benzene rings is 2. The summed E-state index contributed by atoms with van der Waals surface area (Å²) in [5.74, 6) is -0.398. The molecule has 1 fully saturated rings. The van der Waals surface area contributed by atoms with Crippen molar-refractivity contribution in [3.8, 4) is 5.75 Å². The normalized spacial score (nSPS) is 15.1. The van der Waals surface area contributed by atoms with Crippen LogP contribution in [0.1, 0.15) is 12.5 Å². The maximum absolute atomic E-state index is 13.1. The van der Waals surface area contributed by atoms with Gasteiger partial charge in [0, 0.05) is 31.2 Å². The van der Waals surface area contributed by atoms with Crippen LogP contribution < -0.4 is 10.1 Å². The summed E-state index contributed by atoms with van der Waals surface area (Å²) in [6.07, 6.45) is 1.56. The minimum Gasteiger partial charge on any atom is -0.484 e. The van der Waals surface area contributed by atoms with Crippen molar-refractivity contribution in [2.45, 2.75) is 24.4 Å². The molecule has 9 nitrogen and oxygen atoms in total. The number of halogens is 1. The Kier molecular flexibility index (Phi) is 9.89. The SMILES string of the molecule is C=CCNC(=O)[C@@H](C)N(Cc1ccc(Cl)cc1)C(=O)COc1ccc(S(=O)(=O)N2CCOCC2)cc1. The highest BCUT2D eigenvalue weighted by Gasteiger charge is 2.28. The van der Waals surface area contributed by atoms with Gasteiger partial charge in [-0.2, -0.15) is 4.31 Å². The van der Waals surface area contributed by atoms with Crippen LogP contribution >= 0.6 is 11.6 Å². The van der Waals surface area contributed by atoms with Gasteiger partial charge >= 0.3 is 0 Å². The Hall–Kier alpha value is -2.92. The van der Waals surface area contributed by atoms with E-state index in [1.807, 2.05) is 0 Å². The van der Waals surface area contributed by atoms with E-state index in [0.717, 1.165) is 5.56 Å². The molecular formula is C25H30ClN3O6S. The second-order valence-corrected chi connectivity index (χ2v) is 10.5. The largest absolute Gasteiger partial charge is 0.484 e. The van der Waals surface area contributed by atoms with Gasteiger partial charge in [0.15, 0.2) is 6.61 Å². The van der Waals surface area contributed by atoms with Gasteiger partial charge in [-0.1, -0.05) is 29.8 Å². The molecule has 0 aliphatic carbocycles. The van der Waals surface area contributed by atoms with Crippen LogP contribution in [0.2, 0.25) is 5.02 Å². The predicted octanol–water partition coefficient (Wildman–Crippen LogP) is 2.46. The number of rotatable bonds is 11. The number of carbonyl (C=O) groups excluding carboxylic acids is 2. The average Bonchev–Trinajstić information content (AvgIpc) is 2.90. The van der Waals surface area contributed by atoms with Gasteiger partial charge in [0.1, 0.15) is 11.8 Å². The van der Waals surface area contributed by atoms with E-state index in [1.54, 1.807) is 37.3 Å². The number of nitrogens with one attached hydrogen (secondary N) is 1. The summed E-state index contributed by atoms with van der Waals surface area (Å²) < 4.78 is 37.8. The van der Waals surface area contributed by atoms with E-state index < -0.39 is 22.0 Å². The smallest absolute Gasteiger partial charge is 0.261 e. The van der Waals surface area contributed by atoms with Crippen LogP contribution in [-0.2, 0) is 30.9 Å². The van der Waals surface area contributed by atoms with Crippen molar-refractivity contribution < 1.29 is 27.5 Å². The minimum absolute atomic E-state index is 0.139. The molecule has 11 heteroatoms. The molecule has 2 amide bonds. The van der Waals surface area contributed by atoms with E-state index in [-0.39, 0.29) is 30.5 Å². The maximum Gasteiger partial charge on any atom is 0.261 e. The van der Waals surface area contributed by atoms with E-state index in [0.29, 0.717) is 37.1 Å². The molecular weight excluding hydrogens is 506 g/mol. The fraction of sp³-hybridized carbons (Fsp3) is 0.360. The zero-order chi connectivity index (χ0) is 26.1. The van der Waals surface area contributed by atoms with Crippen molar-refractivity contribution in [3.63, 3.8) is 0 Å². The Labute approximate surface area is 216 Å². The Bertz CT molecular complexity index is 1150. The number of morpholine rings is 1. The number of hydrogen-bond donors (Lipinski definition) is 1. The molecule has 0 aromatic heterocycles. The molecule has 0 bridgehead atoms. The molecule has 1 aliphatic rings. The average molecular weight is 536 g/mol. The van der Waals surface area contributed by atoms with Crippen LogP contribution in [0.3, 0.4) is 0 Å². The molecule has 3 rings (SSSR count). The number of nitrogens with zero attached hydrogens (tertiary/aromatic N) is 2. The molecule has 1 saturated heterocycles. The van der Waals surface area contributed by atoms with Crippen LogP contribution in [0, 0.1) is 0 Å². The Morgan fingerprint density at radius 2 is 1.81 bits per heavy atom. The Balaban J connectivity index is 1.68. The molecule has 0 spiro atoms. The van der Waals surface area contributed by atoms with Gasteiger partial charge in [0.2, 0.25) is 15.9 Å². The van der Waals surface area contributed by atoms with Gasteiger partial charge in [-0.25, -0.2) is 8.42 Å². The van der Waals surface area contributed by atoms with Gasteiger partial charge in [-0.05, 0) is 48.9 Å². The van der Waals surface area contributed by atoms with Crippen LogP contribution in [0.5, 0.6) is 5.75 Å². The Morgan fingerprint density at radius 1 is 1.17 bits per heavy atom. The van der Waals surface area contributed by atoms with E-state index in [9.17, 15) is 18.0 Å². The molecule has 1 N–H and O–H groups in total. The van der Waals surface area contributed by atoms with Crippen molar-refractivity contribution in [2.24, 2.45) is 0 Å². The van der Waals surface area contributed by atoms with Crippen molar-refractivity contribution in [1.29, 1.82) is 0 Å². The van der Waals surface area contributed by atoms with Crippen molar-refractivity contribution in [3.05, 3.63) is 71.8 Å². The lowest BCUT2D eigenvalue weighted by molar-refractivity contribution is -0.142. The first-order valence-corrected chi connectivity index (χ1v) is 13.3. The van der Waals surface area contributed by atoms with Gasteiger partial charge in [-0.15, -0.1) is 6.58 Å². The number of amides is 2. The summed E-state index contributed by atoms with van der Waals surface area (Å²) in [6, 6.07) is 12.1. The second kappa shape index (κ2) is 12.9. The van der Waals surface area contributed by atoms with Crippen molar-refractivity contribution in [2.75, 3.05) is 39.5 Å². The quantitative estimate of drug-likeness (QED) is 0.443. The summed E-state index contributed by atoms with van der Waals surface area (Å²) in [7, 11) is -3.63. The highest BCUT2D eigenvalue weighted by Crippen LogP contribution is 2.21. The Morgan fingerprint density at radius 3 is 2.42 bits per heavy atom. The first-order valence-electron chi connectivity index (χ1n) is 11.5. The number of carbonyl (C=O) groups is 2. The molecule has 1 aliphatic heterocycles. The summed E-state index contributed by atoms with van der Waals surface area (Å²) in [5.41, 5.74) is 0.800. The van der Waals surface area contributed by atoms with Gasteiger partial charge in [0.25, 0.3) is 5.91 Å². The van der Waals surface area contributed by atoms with E-state index in [1.165, 1.54) is 33.5 Å². The van der Waals surface area contributed by atoms with Crippen molar-refractivity contribution >= 4 is 33.4 Å². The zero-order valence-corrected chi connectivity index (χ0v) is 21.6. The minimum atomic E-state index is -3.63. The molecule has 1 atom stereocenters. The lowest BCUT2D eigenvalue weighted by Gasteiger charge is -2.28. The highest BCUT2D eigenvalue weighted by molar-refractivity contribution is 7.89. The maximum atomic E-state index is 13.1. The third kappa shape index (κ3) is 7.30. The molecule has 0 unspecified atom stereocenters. The van der Waals surface area contributed by atoms with Crippen molar-refractivity contribution in [1.82, 2.24) is 14.5 Å². The lowest BCUT2D eigenvalue weighted by Crippen LogP contribution is -2.49. The fourth-order valence-corrected chi connectivity index (χ4v) is 5.10. The van der Waals surface area contributed by atoms with E-state index in [4.69, 9.17) is 21.1 Å². The number of ether oxygens (including phenoxy) is 2. The number of hydrogen-bond acceptors (Lipinski definition) is 6. The molecule has 2 aromatic rings. The third-order valence-corrected chi connectivity index (χ3v) is 7.81. The standard InChI is InChI=1S/C25H30ClN3O6S/c1-3-12-27-25(31)19(2)29(17-20-4-6-21(26)7-5-20)24(30)18-35-22-8-10-23(11-9-22)36(32,33)28-13-15-34-16-14-28/h3-11,19H,1,12-18H2,2H3,(H,27,31)/t19-/m1/s1. The summed E-state index contributed by atoms with van der Waals surface area (Å²) in [6.45, 7) is 6.68. The molecule has 194 valence electrons. The third-order valence-electron chi connectivity index (χ3n) is 5.65. The molecule has 0 saturated carbocycles. The van der Waals surface area contributed by atoms with Crippen LogP contribution in [-0.4, -0.2) is 74.9 Å². The molecule has 1 heterocycles. The van der Waals surface area contributed by atoms with E-state index >= 15 is 0 Å². The van der Waals surface area contributed by atoms with Gasteiger partial charge < -0.3 is 19.7 Å². The predicted molar refractivity (Wildman–Crippen MR) is 136 cm³/mol. The second-order valence-electron chi connectivity index (χ2n) is 8.13. The first-order chi connectivity index (χ1) is 17.2. The van der Waals surface area contributed by atoms with Crippen LogP contribution in [0.4, 0.5) is 0 Å². The fourth-order valence-electron chi connectivity index (χ4n) is 3.56. The van der Waals surface area contributed by atoms with Crippen LogP contribution in [0.25, 0.3) is 0 Å². The lowest BCUT2D eigenvalue weighted by atomic mass is 10.1. The summed E-state index contributed by atoms with van der Waals surface area (Å²) >= 11 is 5.96. The van der Waals surface area contributed by atoms with Crippen LogP contribution in [0.15, 0.2) is 66.1 Å². The van der Waals surface area contributed by atoms with Gasteiger partial charge in [-0.3, -0.25) is 9.59 Å². The van der Waals surface area contributed by atoms with Gasteiger partial charge in [0.05, 0.1) is 18.1 Å². The number of sulfonamides is 1. The molecule has 0 radical (unpaired) electrons. The summed E-state index contributed by atoms with van der Waals surface area (Å²) in [4.78, 5) is 27.2. The first kappa shape index (κ1) is 27.7. The zero-order valence-electron chi connectivity index (χ0n) is 20.1. The summed E-state index contributed by atoms with van der Waals surface area (Å²) in [5, 5.41) is 3.27. The highest BCUT2D eigenvalue weighted by atomic mass is 35.5. The van der Waals surface area contributed by atoms with E-state index in [2.05, 4.69) is 11.9 Å². The monoisotopic (exact) mass is 535 g/mol. The molecule has 2 aromatic carbocycles.